The molecule has 0 spiro atoms. The molecule has 1 amide bonds. The number of hydrogen-bond donors (Lipinski definition) is 1. The SMILES string of the molecule is CNCc1nc(N(C)C)cc2c1CN(c1cccc(-c3nncn3[C@@H](C)CC(F)(F)F)n1)C2=O.S. The van der Waals surface area contributed by atoms with Gasteiger partial charge in [0.1, 0.15) is 23.7 Å². The Kier molecular flexibility index (Phi) is 7.70. The predicted molar refractivity (Wildman–Crippen MR) is 131 cm³/mol. The van der Waals surface area contributed by atoms with Crippen LogP contribution in [0.15, 0.2) is 30.6 Å². The fourth-order valence-corrected chi connectivity index (χ4v) is 3.96. The minimum Gasteiger partial charge on any atom is -0.363 e. The first-order valence-electron chi connectivity index (χ1n) is 10.7. The first-order chi connectivity index (χ1) is 16.1. The van der Waals surface area contributed by atoms with Crippen molar-refractivity contribution in [1.29, 1.82) is 0 Å². The van der Waals surface area contributed by atoms with E-state index in [9.17, 15) is 18.0 Å². The number of nitrogens with one attached hydrogen (secondary N) is 1. The number of halogens is 3. The maximum absolute atomic E-state index is 13.3. The summed E-state index contributed by atoms with van der Waals surface area (Å²) in [5, 5.41) is 10.9. The number of nitrogens with zero attached hydrogens (tertiary/aromatic N) is 7. The quantitative estimate of drug-likeness (QED) is 0.524. The number of pyridine rings is 2. The molecule has 0 radical (unpaired) electrons. The number of hydrogen-bond acceptors (Lipinski definition) is 7. The summed E-state index contributed by atoms with van der Waals surface area (Å²) >= 11 is 0. The second-order valence-electron chi connectivity index (χ2n) is 8.38. The Labute approximate surface area is 207 Å². The maximum atomic E-state index is 13.3. The second-order valence-corrected chi connectivity index (χ2v) is 8.38. The van der Waals surface area contributed by atoms with Crippen molar-refractivity contribution in [3.05, 3.63) is 47.4 Å². The Morgan fingerprint density at radius 2 is 1.97 bits per heavy atom. The monoisotopic (exact) mass is 508 g/mol. The van der Waals surface area contributed by atoms with Crippen molar-refractivity contribution in [2.24, 2.45) is 0 Å². The molecule has 9 nitrogen and oxygen atoms in total. The van der Waals surface area contributed by atoms with Crippen LogP contribution in [0.3, 0.4) is 0 Å². The van der Waals surface area contributed by atoms with Gasteiger partial charge in [-0.15, -0.1) is 10.2 Å². The van der Waals surface area contributed by atoms with Crippen LogP contribution in [0.1, 0.15) is 41.0 Å². The van der Waals surface area contributed by atoms with E-state index in [1.54, 1.807) is 24.3 Å². The highest BCUT2D eigenvalue weighted by Crippen LogP contribution is 2.33. The van der Waals surface area contributed by atoms with Crippen LogP contribution in [0.5, 0.6) is 0 Å². The molecule has 1 N–H and O–H groups in total. The molecule has 3 aromatic heterocycles. The fourth-order valence-electron chi connectivity index (χ4n) is 3.96. The third kappa shape index (κ3) is 5.40. The standard InChI is InChI=1S/C22H25F3N8O.H2S/c1-13(9-22(23,24)25)33-12-27-30-20(33)16-6-5-7-18(28-16)32-11-15-14(21(32)34)8-19(31(3)4)29-17(15)10-26-2;/h5-8,12-13,26H,9-11H2,1-4H3;1H2/t13-;/m0./s1. The first kappa shape index (κ1) is 26.4. The largest absolute Gasteiger partial charge is 0.391 e. The average molecular weight is 509 g/mol. The average Bonchev–Trinajstić information content (AvgIpc) is 3.38. The van der Waals surface area contributed by atoms with E-state index >= 15 is 0 Å². The summed E-state index contributed by atoms with van der Waals surface area (Å²) in [6.07, 6.45) is -4.09. The minimum atomic E-state index is -4.32. The first-order valence-corrected chi connectivity index (χ1v) is 10.7. The van der Waals surface area contributed by atoms with Crippen LogP contribution >= 0.6 is 13.5 Å². The summed E-state index contributed by atoms with van der Waals surface area (Å²) < 4.78 is 40.1. The van der Waals surface area contributed by atoms with Gasteiger partial charge < -0.3 is 14.8 Å². The molecule has 0 saturated heterocycles. The van der Waals surface area contributed by atoms with Gasteiger partial charge in [-0.3, -0.25) is 9.69 Å². The van der Waals surface area contributed by atoms with Crippen LogP contribution in [0, 0.1) is 0 Å². The van der Waals surface area contributed by atoms with Crippen LogP contribution < -0.4 is 15.1 Å². The number of rotatable bonds is 7. The summed E-state index contributed by atoms with van der Waals surface area (Å²) in [5.74, 6) is 1.04. The van der Waals surface area contributed by atoms with E-state index in [1.165, 1.54) is 22.7 Å². The zero-order chi connectivity index (χ0) is 24.6. The molecule has 1 atom stereocenters. The van der Waals surface area contributed by atoms with Gasteiger partial charge in [-0.25, -0.2) is 9.97 Å². The van der Waals surface area contributed by atoms with Gasteiger partial charge in [0.05, 0.1) is 24.2 Å². The third-order valence-electron chi connectivity index (χ3n) is 5.61. The molecule has 0 unspecified atom stereocenters. The normalized spacial score (nSPS) is 14.0. The van der Waals surface area contributed by atoms with Crippen LogP contribution in [0.25, 0.3) is 11.5 Å². The van der Waals surface area contributed by atoms with Gasteiger partial charge in [-0.1, -0.05) is 6.07 Å². The number of anilines is 2. The van der Waals surface area contributed by atoms with Crippen molar-refractivity contribution < 1.29 is 18.0 Å². The molecule has 0 aromatic carbocycles. The van der Waals surface area contributed by atoms with Crippen molar-refractivity contribution in [1.82, 2.24) is 30.0 Å². The van der Waals surface area contributed by atoms with Crippen LogP contribution in [0.2, 0.25) is 0 Å². The lowest BCUT2D eigenvalue weighted by atomic mass is 10.1. The lowest BCUT2D eigenvalue weighted by Crippen LogP contribution is -2.24. The fraction of sp³-hybridized carbons (Fsp3) is 0.409. The number of amides is 1. The predicted octanol–water partition coefficient (Wildman–Crippen LogP) is 3.31. The van der Waals surface area contributed by atoms with Crippen LogP contribution in [-0.4, -0.2) is 58.0 Å². The lowest BCUT2D eigenvalue weighted by molar-refractivity contribution is -0.141. The molecule has 1 aliphatic rings. The molecule has 35 heavy (non-hydrogen) atoms. The number of carbonyl (C=O) groups excluding carboxylic acids is 1. The molecule has 0 fully saturated rings. The second kappa shape index (κ2) is 10.2. The third-order valence-corrected chi connectivity index (χ3v) is 5.61. The van der Waals surface area contributed by atoms with E-state index in [0.29, 0.717) is 36.0 Å². The molecule has 0 aliphatic carbocycles. The van der Waals surface area contributed by atoms with E-state index in [-0.39, 0.29) is 25.2 Å². The zero-order valence-electron chi connectivity index (χ0n) is 19.8. The molecule has 13 heteroatoms. The molecule has 4 rings (SSSR count). The summed E-state index contributed by atoms with van der Waals surface area (Å²) in [5.41, 5.74) is 2.48. The Morgan fingerprint density at radius 3 is 2.63 bits per heavy atom. The van der Waals surface area contributed by atoms with Gasteiger partial charge in [0.15, 0.2) is 5.82 Å². The molecule has 3 aromatic rings. The number of alkyl halides is 3. The van der Waals surface area contributed by atoms with Gasteiger partial charge in [0.25, 0.3) is 5.91 Å². The smallest absolute Gasteiger partial charge is 0.363 e. The van der Waals surface area contributed by atoms with Crippen molar-refractivity contribution in [3.8, 4) is 11.5 Å². The molecule has 188 valence electrons. The van der Waals surface area contributed by atoms with Gasteiger partial charge in [0.2, 0.25) is 0 Å². The number of carbonyl (C=O) groups is 1. The molecule has 0 bridgehead atoms. The van der Waals surface area contributed by atoms with Crippen molar-refractivity contribution in [3.63, 3.8) is 0 Å². The van der Waals surface area contributed by atoms with Crippen molar-refractivity contribution in [2.75, 3.05) is 30.9 Å². The highest BCUT2D eigenvalue weighted by atomic mass is 32.1. The molecule has 1 aliphatic heterocycles. The van der Waals surface area contributed by atoms with Gasteiger partial charge >= 0.3 is 6.18 Å². The minimum absolute atomic E-state index is 0. The van der Waals surface area contributed by atoms with E-state index in [4.69, 9.17) is 0 Å². The summed E-state index contributed by atoms with van der Waals surface area (Å²) in [6, 6.07) is 5.87. The van der Waals surface area contributed by atoms with E-state index in [1.807, 2.05) is 26.0 Å². The molecule has 4 heterocycles. The molecular weight excluding hydrogens is 481 g/mol. The Hall–Kier alpha value is -3.19. The van der Waals surface area contributed by atoms with E-state index < -0.39 is 18.6 Å². The van der Waals surface area contributed by atoms with Gasteiger partial charge in [-0.05, 0) is 32.2 Å². The van der Waals surface area contributed by atoms with Gasteiger partial charge in [-0.2, -0.15) is 26.7 Å². The highest BCUT2D eigenvalue weighted by Gasteiger charge is 2.34. The molecular formula is C22H27F3N8OS. The van der Waals surface area contributed by atoms with Gasteiger partial charge in [0, 0.05) is 32.2 Å². The summed E-state index contributed by atoms with van der Waals surface area (Å²) in [4.78, 5) is 25.9. The molecule has 0 saturated carbocycles. The number of aromatic nitrogens is 5. The lowest BCUT2D eigenvalue weighted by Gasteiger charge is -2.18. The van der Waals surface area contributed by atoms with Crippen molar-refractivity contribution in [2.45, 2.75) is 38.7 Å². The summed E-state index contributed by atoms with van der Waals surface area (Å²) in [7, 11) is 5.53. The Balaban J connectivity index is 0.00000342. The number of fused-ring (bicyclic) bond motifs is 1. The summed E-state index contributed by atoms with van der Waals surface area (Å²) in [6.45, 7) is 2.24. The van der Waals surface area contributed by atoms with Crippen LogP contribution in [-0.2, 0) is 13.1 Å². The Bertz CT molecular complexity index is 1210. The topological polar surface area (TPSA) is 92.1 Å². The zero-order valence-corrected chi connectivity index (χ0v) is 20.8. The highest BCUT2D eigenvalue weighted by molar-refractivity contribution is 7.59. The van der Waals surface area contributed by atoms with E-state index in [2.05, 4.69) is 25.5 Å². The van der Waals surface area contributed by atoms with Crippen molar-refractivity contribution >= 4 is 31.0 Å². The Morgan fingerprint density at radius 1 is 1.23 bits per heavy atom. The van der Waals surface area contributed by atoms with E-state index in [0.717, 1.165) is 11.3 Å². The maximum Gasteiger partial charge on any atom is 0.391 e. The van der Waals surface area contributed by atoms with Crippen LogP contribution in [0.4, 0.5) is 24.8 Å².